The number of hydrogen-bond donors (Lipinski definition) is 2. The third kappa shape index (κ3) is 3.37. The summed E-state index contributed by atoms with van der Waals surface area (Å²) in [6, 6.07) is 5.44. The largest absolute Gasteiger partial charge is 0.496 e. The van der Waals surface area contributed by atoms with Crippen molar-refractivity contribution in [2.24, 2.45) is 11.8 Å². The smallest absolute Gasteiger partial charge is 0.127 e. The van der Waals surface area contributed by atoms with Gasteiger partial charge in [0.05, 0.1) is 31.9 Å². The van der Waals surface area contributed by atoms with Crippen LogP contribution in [0.25, 0.3) is 0 Å². The lowest BCUT2D eigenvalue weighted by atomic mass is 9.92. The highest BCUT2D eigenvalue weighted by Crippen LogP contribution is 2.37. The molecule has 0 radical (unpaired) electrons. The normalized spacial score (nSPS) is 14.3. The third-order valence-corrected chi connectivity index (χ3v) is 3.21. The van der Waals surface area contributed by atoms with Crippen molar-refractivity contribution in [3.05, 3.63) is 23.8 Å². The first-order valence-electron chi connectivity index (χ1n) is 6.30. The van der Waals surface area contributed by atoms with Crippen LogP contribution in [0.15, 0.2) is 18.2 Å². The Hall–Kier alpha value is -1.30. The van der Waals surface area contributed by atoms with E-state index in [-0.39, 0.29) is 12.1 Å². The van der Waals surface area contributed by atoms with Gasteiger partial charge in [-0.3, -0.25) is 11.3 Å². The highest BCUT2D eigenvalue weighted by molar-refractivity contribution is 5.47. The molecule has 5 nitrogen and oxygen atoms in total. The Bertz CT molecular complexity index is 374. The molecule has 0 aromatic heterocycles. The summed E-state index contributed by atoms with van der Waals surface area (Å²) in [4.78, 5) is 0. The Balaban J connectivity index is 3.30. The van der Waals surface area contributed by atoms with Crippen LogP contribution in [-0.4, -0.2) is 27.4 Å². The van der Waals surface area contributed by atoms with E-state index in [4.69, 9.17) is 20.1 Å². The minimum absolute atomic E-state index is 0.0878. The molecule has 1 rings (SSSR count). The lowest BCUT2D eigenvalue weighted by Gasteiger charge is -2.30. The second-order valence-electron chi connectivity index (χ2n) is 4.66. The molecule has 1 aromatic carbocycles. The van der Waals surface area contributed by atoms with Gasteiger partial charge in [0.15, 0.2) is 0 Å². The van der Waals surface area contributed by atoms with Crippen LogP contribution in [-0.2, 0) is 4.74 Å². The number of hydrazine groups is 1. The van der Waals surface area contributed by atoms with Crippen LogP contribution < -0.4 is 20.7 Å². The van der Waals surface area contributed by atoms with Gasteiger partial charge in [-0.15, -0.1) is 0 Å². The Morgan fingerprint density at radius 1 is 1.05 bits per heavy atom. The van der Waals surface area contributed by atoms with Gasteiger partial charge in [0.25, 0.3) is 0 Å². The van der Waals surface area contributed by atoms with Crippen LogP contribution in [0.3, 0.4) is 0 Å². The summed E-state index contributed by atoms with van der Waals surface area (Å²) in [6.45, 7) is 4.17. The molecule has 0 aliphatic carbocycles. The summed E-state index contributed by atoms with van der Waals surface area (Å²) >= 11 is 0. The molecule has 5 heteroatoms. The number of nitrogens with one attached hydrogen (secondary N) is 1. The zero-order valence-electron chi connectivity index (χ0n) is 12.3. The molecule has 0 amide bonds. The third-order valence-electron chi connectivity index (χ3n) is 3.21. The second-order valence-corrected chi connectivity index (χ2v) is 4.66. The van der Waals surface area contributed by atoms with E-state index in [0.717, 1.165) is 17.1 Å². The van der Waals surface area contributed by atoms with Crippen molar-refractivity contribution in [3.63, 3.8) is 0 Å². The van der Waals surface area contributed by atoms with Crippen LogP contribution in [0, 0.1) is 5.92 Å². The average molecular weight is 268 g/mol. The minimum Gasteiger partial charge on any atom is -0.496 e. The van der Waals surface area contributed by atoms with Gasteiger partial charge in [0.1, 0.15) is 11.5 Å². The Morgan fingerprint density at radius 2 is 1.58 bits per heavy atom. The quantitative estimate of drug-likeness (QED) is 0.584. The van der Waals surface area contributed by atoms with Crippen LogP contribution in [0.2, 0.25) is 0 Å². The van der Waals surface area contributed by atoms with E-state index in [1.54, 1.807) is 21.3 Å². The molecule has 0 fully saturated rings. The number of nitrogens with two attached hydrogens (primary N) is 1. The minimum atomic E-state index is -0.212. The fourth-order valence-electron chi connectivity index (χ4n) is 2.32. The molecule has 1 aromatic rings. The Morgan fingerprint density at radius 3 is 1.89 bits per heavy atom. The predicted octanol–water partition coefficient (Wildman–Crippen LogP) is 1.88. The number of rotatable bonds is 7. The molecule has 2 unspecified atom stereocenters. The molecule has 2 atom stereocenters. The summed E-state index contributed by atoms with van der Waals surface area (Å²) < 4.78 is 16.4. The van der Waals surface area contributed by atoms with Gasteiger partial charge in [-0.25, -0.2) is 0 Å². The Kier molecular flexibility index (Phi) is 6.08. The van der Waals surface area contributed by atoms with E-state index in [9.17, 15) is 0 Å². The molecule has 0 heterocycles. The van der Waals surface area contributed by atoms with Crippen molar-refractivity contribution < 1.29 is 14.2 Å². The van der Waals surface area contributed by atoms with Gasteiger partial charge < -0.3 is 14.2 Å². The molecular weight excluding hydrogens is 244 g/mol. The summed E-state index contributed by atoms with van der Waals surface area (Å²) in [7, 11) is 4.93. The molecule has 0 saturated carbocycles. The summed E-state index contributed by atoms with van der Waals surface area (Å²) in [5.41, 5.74) is 3.69. The highest BCUT2D eigenvalue weighted by atomic mass is 16.5. The van der Waals surface area contributed by atoms with Gasteiger partial charge in [-0.2, -0.15) is 0 Å². The summed E-state index contributed by atoms with van der Waals surface area (Å²) in [5.74, 6) is 7.47. The van der Waals surface area contributed by atoms with Crippen molar-refractivity contribution in [3.8, 4) is 11.5 Å². The Labute approximate surface area is 115 Å². The predicted molar refractivity (Wildman–Crippen MR) is 75.2 cm³/mol. The van der Waals surface area contributed by atoms with Gasteiger partial charge in [-0.05, 0) is 18.1 Å². The lowest BCUT2D eigenvalue weighted by Crippen LogP contribution is -2.40. The van der Waals surface area contributed by atoms with Crippen molar-refractivity contribution in [2.45, 2.75) is 26.0 Å². The highest BCUT2D eigenvalue weighted by Gasteiger charge is 2.30. The van der Waals surface area contributed by atoms with Gasteiger partial charge in [-0.1, -0.05) is 19.9 Å². The van der Waals surface area contributed by atoms with E-state index in [2.05, 4.69) is 19.3 Å². The molecule has 108 valence electrons. The number of ether oxygens (including phenoxy) is 3. The van der Waals surface area contributed by atoms with Crippen molar-refractivity contribution >= 4 is 0 Å². The maximum Gasteiger partial charge on any atom is 0.127 e. The fraction of sp³-hybridized carbons (Fsp3) is 0.571. The SMILES string of the molecule is COc1cccc(OC)c1C(NN)C(OC)C(C)C. The lowest BCUT2D eigenvalue weighted by molar-refractivity contribution is 0.0312. The van der Waals surface area contributed by atoms with E-state index in [0.29, 0.717) is 5.92 Å². The van der Waals surface area contributed by atoms with Crippen LogP contribution in [0.1, 0.15) is 25.5 Å². The molecule has 3 N–H and O–H groups in total. The first kappa shape index (κ1) is 15.8. The molecule has 0 aliphatic heterocycles. The second kappa shape index (κ2) is 7.33. The maximum atomic E-state index is 5.73. The van der Waals surface area contributed by atoms with E-state index < -0.39 is 0 Å². The summed E-state index contributed by atoms with van der Waals surface area (Å²) in [6.07, 6.45) is -0.0878. The topological polar surface area (TPSA) is 65.7 Å². The first-order valence-corrected chi connectivity index (χ1v) is 6.30. The first-order chi connectivity index (χ1) is 9.10. The van der Waals surface area contributed by atoms with E-state index in [1.807, 2.05) is 18.2 Å². The number of methoxy groups -OCH3 is 3. The molecular formula is C14H24N2O3. The molecule has 0 spiro atoms. The molecule has 19 heavy (non-hydrogen) atoms. The molecule has 0 saturated heterocycles. The monoisotopic (exact) mass is 268 g/mol. The van der Waals surface area contributed by atoms with Crippen LogP contribution in [0.4, 0.5) is 0 Å². The van der Waals surface area contributed by atoms with Crippen molar-refractivity contribution in [2.75, 3.05) is 21.3 Å². The zero-order valence-corrected chi connectivity index (χ0v) is 12.3. The van der Waals surface area contributed by atoms with Gasteiger partial charge in [0.2, 0.25) is 0 Å². The van der Waals surface area contributed by atoms with Crippen LogP contribution in [0.5, 0.6) is 11.5 Å². The standard InChI is InChI=1S/C14H24N2O3/c1-9(2)14(19-5)13(16-15)12-10(17-3)7-6-8-11(12)18-4/h6-9,13-14,16H,15H2,1-5H3. The maximum absolute atomic E-state index is 5.73. The van der Waals surface area contributed by atoms with E-state index >= 15 is 0 Å². The molecule has 0 bridgehead atoms. The number of benzene rings is 1. The van der Waals surface area contributed by atoms with Crippen molar-refractivity contribution in [1.82, 2.24) is 5.43 Å². The van der Waals surface area contributed by atoms with Gasteiger partial charge >= 0.3 is 0 Å². The summed E-state index contributed by atoms with van der Waals surface area (Å²) in [5, 5.41) is 0. The van der Waals surface area contributed by atoms with E-state index in [1.165, 1.54) is 0 Å². The average Bonchev–Trinajstić information content (AvgIpc) is 2.43. The van der Waals surface area contributed by atoms with Gasteiger partial charge in [0, 0.05) is 7.11 Å². The fourth-order valence-corrected chi connectivity index (χ4v) is 2.32. The van der Waals surface area contributed by atoms with Crippen molar-refractivity contribution in [1.29, 1.82) is 0 Å². The number of hydrogen-bond acceptors (Lipinski definition) is 5. The molecule has 0 aliphatic rings. The van der Waals surface area contributed by atoms with Crippen LogP contribution >= 0.6 is 0 Å². The zero-order chi connectivity index (χ0) is 14.4.